The Hall–Kier alpha value is -3.94. The van der Waals surface area contributed by atoms with Crippen molar-refractivity contribution in [1.82, 2.24) is 19.4 Å². The van der Waals surface area contributed by atoms with Crippen molar-refractivity contribution in [1.29, 1.82) is 0 Å². The number of hydrogen-bond acceptors (Lipinski definition) is 6. The molecule has 0 saturated carbocycles. The van der Waals surface area contributed by atoms with Gasteiger partial charge in [0.1, 0.15) is 5.69 Å². The molecule has 4 aromatic rings. The van der Waals surface area contributed by atoms with E-state index in [1.807, 2.05) is 28.8 Å². The van der Waals surface area contributed by atoms with Gasteiger partial charge in [-0.05, 0) is 30.5 Å². The maximum atomic E-state index is 11.8. The van der Waals surface area contributed by atoms with Gasteiger partial charge in [0.25, 0.3) is 5.91 Å². The van der Waals surface area contributed by atoms with Crippen molar-refractivity contribution in [3.63, 3.8) is 0 Å². The number of anilines is 2. The number of carbonyl (C=O) groups excluding carboxylic acids is 1. The van der Waals surface area contributed by atoms with Gasteiger partial charge in [-0.15, -0.1) is 0 Å². The third kappa shape index (κ3) is 3.46. The van der Waals surface area contributed by atoms with Crippen LogP contribution in [0.2, 0.25) is 0 Å². The van der Waals surface area contributed by atoms with Gasteiger partial charge >= 0.3 is 0 Å². The molecule has 3 N–H and O–H groups in total. The van der Waals surface area contributed by atoms with Crippen LogP contribution < -0.4 is 16.0 Å². The lowest BCUT2D eigenvalue weighted by atomic mass is 10.1. The SMILES string of the molecule is CN1CCCc2nc(-c3ncc4c(C(N)=O)cccn34)nc(NCc3ccccc3)c21. The van der Waals surface area contributed by atoms with Crippen molar-refractivity contribution < 1.29 is 4.79 Å². The molecule has 1 aliphatic heterocycles. The fraction of sp³-hybridized carbons (Fsp3) is 0.217. The van der Waals surface area contributed by atoms with E-state index in [0.717, 1.165) is 36.6 Å². The van der Waals surface area contributed by atoms with E-state index in [2.05, 4.69) is 34.4 Å². The Labute approximate surface area is 179 Å². The quantitative estimate of drug-likeness (QED) is 0.522. The maximum Gasteiger partial charge on any atom is 0.250 e. The summed E-state index contributed by atoms with van der Waals surface area (Å²) in [4.78, 5) is 28.2. The number of aryl methyl sites for hydroxylation is 1. The number of fused-ring (bicyclic) bond motifs is 2. The van der Waals surface area contributed by atoms with Crippen molar-refractivity contribution in [3.05, 3.63) is 71.7 Å². The van der Waals surface area contributed by atoms with E-state index < -0.39 is 5.91 Å². The number of carbonyl (C=O) groups is 1. The first-order valence-electron chi connectivity index (χ1n) is 10.3. The van der Waals surface area contributed by atoms with Crippen LogP contribution in [0.4, 0.5) is 11.5 Å². The number of nitrogens with one attached hydrogen (secondary N) is 1. The fourth-order valence-corrected chi connectivity index (χ4v) is 4.07. The number of aromatic nitrogens is 4. The highest BCUT2D eigenvalue weighted by Crippen LogP contribution is 2.33. The van der Waals surface area contributed by atoms with Crippen LogP contribution in [-0.2, 0) is 13.0 Å². The minimum Gasteiger partial charge on any atom is -0.370 e. The standard InChI is InChI=1S/C23H23N7O/c1-29-11-6-10-17-19(29)21(25-13-15-7-3-2-4-8-15)28-22(27-17)23-26-14-18-16(20(24)31)9-5-12-30(18)23/h2-5,7-9,12,14H,6,10-11,13H2,1H3,(H2,24,31)(H,25,27,28). The second-order valence-electron chi connectivity index (χ2n) is 7.68. The normalized spacial score (nSPS) is 13.3. The Bertz CT molecular complexity index is 1270. The number of imidazole rings is 1. The molecular weight excluding hydrogens is 390 g/mol. The van der Waals surface area contributed by atoms with Crippen molar-refractivity contribution in [2.24, 2.45) is 5.73 Å². The van der Waals surface area contributed by atoms with Crippen molar-refractivity contribution in [3.8, 4) is 11.6 Å². The van der Waals surface area contributed by atoms with Crippen LogP contribution >= 0.6 is 0 Å². The second-order valence-corrected chi connectivity index (χ2v) is 7.68. The van der Waals surface area contributed by atoms with E-state index in [1.165, 1.54) is 5.56 Å². The molecule has 0 saturated heterocycles. The summed E-state index contributed by atoms with van der Waals surface area (Å²) in [6.07, 6.45) is 5.40. The van der Waals surface area contributed by atoms with Crippen molar-refractivity contribution in [2.75, 3.05) is 23.8 Å². The van der Waals surface area contributed by atoms with Gasteiger partial charge in [-0.3, -0.25) is 9.20 Å². The van der Waals surface area contributed by atoms with Crippen LogP contribution in [0, 0.1) is 0 Å². The van der Waals surface area contributed by atoms with Gasteiger partial charge in [0.15, 0.2) is 17.5 Å². The van der Waals surface area contributed by atoms with Crippen LogP contribution in [0.5, 0.6) is 0 Å². The molecule has 8 nitrogen and oxygen atoms in total. The van der Waals surface area contributed by atoms with E-state index >= 15 is 0 Å². The van der Waals surface area contributed by atoms with E-state index in [-0.39, 0.29) is 0 Å². The zero-order valence-electron chi connectivity index (χ0n) is 17.2. The molecule has 8 heteroatoms. The van der Waals surface area contributed by atoms with Crippen LogP contribution in [0.3, 0.4) is 0 Å². The van der Waals surface area contributed by atoms with Crippen LogP contribution in [0.1, 0.15) is 28.0 Å². The highest BCUT2D eigenvalue weighted by Gasteiger charge is 2.24. The Kier molecular flexibility index (Phi) is 4.74. The lowest BCUT2D eigenvalue weighted by molar-refractivity contribution is 0.100. The molecule has 0 unspecified atom stereocenters. The number of rotatable bonds is 5. The molecule has 0 aliphatic carbocycles. The van der Waals surface area contributed by atoms with E-state index in [4.69, 9.17) is 15.7 Å². The van der Waals surface area contributed by atoms with Crippen LogP contribution in [0.15, 0.2) is 54.9 Å². The van der Waals surface area contributed by atoms with Gasteiger partial charge in [0, 0.05) is 26.3 Å². The number of primary amides is 1. The predicted octanol–water partition coefficient (Wildman–Crippen LogP) is 2.88. The van der Waals surface area contributed by atoms with E-state index in [1.54, 1.807) is 18.3 Å². The minimum absolute atomic E-state index is 0.418. The number of pyridine rings is 1. The van der Waals surface area contributed by atoms with Crippen LogP contribution in [0.25, 0.3) is 17.2 Å². The zero-order valence-corrected chi connectivity index (χ0v) is 17.2. The highest BCUT2D eigenvalue weighted by molar-refractivity contribution is 5.99. The fourth-order valence-electron chi connectivity index (χ4n) is 4.07. The smallest absolute Gasteiger partial charge is 0.250 e. The highest BCUT2D eigenvalue weighted by atomic mass is 16.1. The first-order chi connectivity index (χ1) is 15.1. The van der Waals surface area contributed by atoms with Gasteiger partial charge in [-0.2, -0.15) is 0 Å². The third-order valence-electron chi connectivity index (χ3n) is 5.58. The molecule has 1 aliphatic rings. The summed E-state index contributed by atoms with van der Waals surface area (Å²) in [5.41, 5.74) is 9.79. The average Bonchev–Trinajstić information content (AvgIpc) is 3.22. The lowest BCUT2D eigenvalue weighted by Gasteiger charge is -2.29. The van der Waals surface area contributed by atoms with Gasteiger partial charge in [-0.25, -0.2) is 15.0 Å². The number of nitrogens with two attached hydrogens (primary N) is 1. The Morgan fingerprint density at radius 2 is 2.00 bits per heavy atom. The molecular formula is C23H23N7O. The Morgan fingerprint density at radius 1 is 1.16 bits per heavy atom. The van der Waals surface area contributed by atoms with Gasteiger partial charge in [0.05, 0.1) is 23.0 Å². The van der Waals surface area contributed by atoms with Gasteiger partial charge in [-0.1, -0.05) is 30.3 Å². The van der Waals surface area contributed by atoms with Crippen molar-refractivity contribution >= 4 is 22.9 Å². The maximum absolute atomic E-state index is 11.8. The number of nitrogens with zero attached hydrogens (tertiary/aromatic N) is 5. The molecule has 5 rings (SSSR count). The lowest BCUT2D eigenvalue weighted by Crippen LogP contribution is -2.27. The summed E-state index contributed by atoms with van der Waals surface area (Å²) in [5.74, 6) is 1.40. The summed E-state index contributed by atoms with van der Waals surface area (Å²) >= 11 is 0. The molecule has 0 atom stereocenters. The predicted molar refractivity (Wildman–Crippen MR) is 120 cm³/mol. The molecule has 1 amide bonds. The largest absolute Gasteiger partial charge is 0.370 e. The minimum atomic E-state index is -0.491. The summed E-state index contributed by atoms with van der Waals surface area (Å²) in [6.45, 7) is 1.62. The first-order valence-corrected chi connectivity index (χ1v) is 10.3. The molecule has 0 spiro atoms. The van der Waals surface area contributed by atoms with E-state index in [0.29, 0.717) is 29.3 Å². The zero-order chi connectivity index (χ0) is 21.4. The Balaban J connectivity index is 1.61. The molecule has 0 bridgehead atoms. The van der Waals surface area contributed by atoms with E-state index in [9.17, 15) is 4.79 Å². The van der Waals surface area contributed by atoms with Crippen molar-refractivity contribution in [2.45, 2.75) is 19.4 Å². The van der Waals surface area contributed by atoms with Gasteiger partial charge in [0.2, 0.25) is 0 Å². The number of benzene rings is 1. The summed E-state index contributed by atoms with van der Waals surface area (Å²) in [6, 6.07) is 13.7. The molecule has 156 valence electrons. The third-order valence-corrected chi connectivity index (χ3v) is 5.58. The summed E-state index contributed by atoms with van der Waals surface area (Å²) in [5, 5.41) is 3.50. The molecule has 31 heavy (non-hydrogen) atoms. The molecule has 0 fully saturated rings. The van der Waals surface area contributed by atoms with Crippen LogP contribution in [-0.4, -0.2) is 38.9 Å². The summed E-state index contributed by atoms with van der Waals surface area (Å²) in [7, 11) is 2.07. The van der Waals surface area contributed by atoms with Gasteiger partial charge < -0.3 is 16.0 Å². The molecule has 4 heterocycles. The number of hydrogen-bond donors (Lipinski definition) is 2. The first kappa shape index (κ1) is 19.0. The monoisotopic (exact) mass is 413 g/mol. The topological polar surface area (TPSA) is 101 Å². The number of amides is 1. The summed E-state index contributed by atoms with van der Waals surface area (Å²) < 4.78 is 1.81. The molecule has 3 aromatic heterocycles. The Morgan fingerprint density at radius 3 is 2.81 bits per heavy atom. The molecule has 1 aromatic carbocycles. The second kappa shape index (κ2) is 7.71. The molecule has 0 radical (unpaired) electrons. The average molecular weight is 413 g/mol.